The maximum absolute atomic E-state index is 12.6. The third-order valence-electron chi connectivity index (χ3n) is 4.99. The average Bonchev–Trinajstić information content (AvgIpc) is 3.10. The molecule has 0 aromatic heterocycles. The quantitative estimate of drug-likeness (QED) is 0.650. The van der Waals surface area contributed by atoms with Crippen LogP contribution in [-0.2, 0) is 19.4 Å². The van der Waals surface area contributed by atoms with E-state index in [4.69, 9.17) is 4.74 Å². The highest BCUT2D eigenvalue weighted by molar-refractivity contribution is 7.91. The van der Waals surface area contributed by atoms with Crippen molar-refractivity contribution in [3.63, 3.8) is 0 Å². The Morgan fingerprint density at radius 1 is 1.03 bits per heavy atom. The zero-order chi connectivity index (χ0) is 20.9. The zero-order valence-electron chi connectivity index (χ0n) is 16.4. The van der Waals surface area contributed by atoms with Crippen molar-refractivity contribution in [2.24, 2.45) is 0 Å². The van der Waals surface area contributed by atoms with Gasteiger partial charge in [0, 0.05) is 12.6 Å². The van der Waals surface area contributed by atoms with Crippen LogP contribution in [0.25, 0.3) is 11.1 Å². The molecular formula is C22H25NO5S. The third kappa shape index (κ3) is 5.44. The minimum atomic E-state index is -3.10. The molecule has 0 bridgehead atoms. The van der Waals surface area contributed by atoms with E-state index in [1.165, 1.54) is 4.90 Å². The predicted octanol–water partition coefficient (Wildman–Crippen LogP) is 2.94. The van der Waals surface area contributed by atoms with Gasteiger partial charge in [-0.25, -0.2) is 13.2 Å². The number of hydrogen-bond acceptors (Lipinski definition) is 5. The molecule has 0 aliphatic carbocycles. The number of hydrogen-bond donors (Lipinski definition) is 0. The smallest absolute Gasteiger partial charge is 0.338 e. The van der Waals surface area contributed by atoms with Crippen molar-refractivity contribution in [2.75, 3.05) is 24.7 Å². The molecule has 1 aliphatic rings. The van der Waals surface area contributed by atoms with Crippen molar-refractivity contribution >= 4 is 21.7 Å². The van der Waals surface area contributed by atoms with Crippen LogP contribution < -0.4 is 0 Å². The van der Waals surface area contributed by atoms with Gasteiger partial charge in [0.2, 0.25) is 0 Å². The SMILES string of the molecule is CCCN(C(=O)COC(=O)c1ccc(-c2ccccc2)cc1)C1CCS(=O)(=O)C1. The summed E-state index contributed by atoms with van der Waals surface area (Å²) in [4.78, 5) is 26.4. The molecule has 1 aliphatic heterocycles. The highest BCUT2D eigenvalue weighted by Crippen LogP contribution is 2.20. The second-order valence-electron chi connectivity index (χ2n) is 7.16. The summed E-state index contributed by atoms with van der Waals surface area (Å²) in [7, 11) is -3.10. The van der Waals surface area contributed by atoms with Crippen molar-refractivity contribution in [3.05, 3.63) is 60.2 Å². The van der Waals surface area contributed by atoms with E-state index in [1.807, 2.05) is 49.4 Å². The number of nitrogens with zero attached hydrogens (tertiary/aromatic N) is 1. The molecule has 0 saturated carbocycles. The van der Waals surface area contributed by atoms with Gasteiger partial charge in [-0.2, -0.15) is 0 Å². The molecule has 6 nitrogen and oxygen atoms in total. The standard InChI is InChI=1S/C22H25NO5S/c1-2-13-23(20-12-14-29(26,27)16-20)21(24)15-28-22(25)19-10-8-18(9-11-19)17-6-4-3-5-7-17/h3-11,20H,2,12-16H2,1H3. The monoisotopic (exact) mass is 415 g/mol. The number of carbonyl (C=O) groups excluding carboxylic acids is 2. The third-order valence-corrected chi connectivity index (χ3v) is 6.74. The number of rotatable bonds is 7. The number of sulfone groups is 1. The van der Waals surface area contributed by atoms with E-state index < -0.39 is 22.4 Å². The summed E-state index contributed by atoms with van der Waals surface area (Å²) in [6.07, 6.45) is 1.14. The lowest BCUT2D eigenvalue weighted by Gasteiger charge is -2.27. The molecule has 1 fully saturated rings. The molecule has 1 saturated heterocycles. The Kier molecular flexibility index (Phi) is 6.69. The van der Waals surface area contributed by atoms with Crippen LogP contribution in [-0.4, -0.2) is 55.9 Å². The van der Waals surface area contributed by atoms with Crippen LogP contribution in [0.3, 0.4) is 0 Å². The van der Waals surface area contributed by atoms with E-state index in [9.17, 15) is 18.0 Å². The topological polar surface area (TPSA) is 80.8 Å². The first-order valence-electron chi connectivity index (χ1n) is 9.72. The Labute approximate surface area is 171 Å². The van der Waals surface area contributed by atoms with Gasteiger partial charge in [0.05, 0.1) is 17.1 Å². The van der Waals surface area contributed by atoms with Gasteiger partial charge in [0.15, 0.2) is 16.4 Å². The van der Waals surface area contributed by atoms with Crippen molar-refractivity contribution < 1.29 is 22.7 Å². The highest BCUT2D eigenvalue weighted by atomic mass is 32.2. The summed E-state index contributed by atoms with van der Waals surface area (Å²) in [5.74, 6) is -0.858. The van der Waals surface area contributed by atoms with Crippen LogP contribution in [0, 0.1) is 0 Å². The van der Waals surface area contributed by atoms with Gasteiger partial charge in [-0.05, 0) is 36.1 Å². The van der Waals surface area contributed by atoms with Crippen LogP contribution >= 0.6 is 0 Å². The molecule has 2 aromatic rings. The fraction of sp³-hybridized carbons (Fsp3) is 0.364. The Morgan fingerprint density at radius 3 is 2.28 bits per heavy atom. The lowest BCUT2D eigenvalue weighted by Crippen LogP contribution is -2.43. The first kappa shape index (κ1) is 21.0. The molecule has 0 radical (unpaired) electrons. The first-order chi connectivity index (χ1) is 13.9. The van der Waals surface area contributed by atoms with Crippen molar-refractivity contribution in [1.82, 2.24) is 4.90 Å². The van der Waals surface area contributed by atoms with Gasteiger partial charge >= 0.3 is 5.97 Å². The zero-order valence-corrected chi connectivity index (χ0v) is 17.2. The Bertz CT molecular complexity index is 954. The summed E-state index contributed by atoms with van der Waals surface area (Å²) in [6, 6.07) is 16.5. The fourth-order valence-electron chi connectivity index (χ4n) is 3.50. The summed E-state index contributed by atoms with van der Waals surface area (Å²) in [6.45, 7) is 1.97. The number of esters is 1. The number of amides is 1. The minimum Gasteiger partial charge on any atom is -0.452 e. The molecule has 3 rings (SSSR count). The predicted molar refractivity (Wildman–Crippen MR) is 111 cm³/mol. The molecule has 7 heteroatoms. The van der Waals surface area contributed by atoms with Crippen molar-refractivity contribution in [2.45, 2.75) is 25.8 Å². The maximum atomic E-state index is 12.6. The van der Waals surface area contributed by atoms with E-state index in [2.05, 4.69) is 0 Å². The van der Waals surface area contributed by atoms with E-state index in [-0.39, 0.29) is 23.5 Å². The van der Waals surface area contributed by atoms with Crippen LogP contribution in [0.2, 0.25) is 0 Å². The van der Waals surface area contributed by atoms with Gasteiger partial charge in [0.25, 0.3) is 5.91 Å². The molecule has 0 N–H and O–H groups in total. The fourth-order valence-corrected chi connectivity index (χ4v) is 5.23. The van der Waals surface area contributed by atoms with E-state index in [0.717, 1.165) is 11.1 Å². The summed E-state index contributed by atoms with van der Waals surface area (Å²) in [5, 5.41) is 0. The summed E-state index contributed by atoms with van der Waals surface area (Å²) >= 11 is 0. The van der Waals surface area contributed by atoms with Crippen LogP contribution in [0.15, 0.2) is 54.6 Å². The van der Waals surface area contributed by atoms with Crippen molar-refractivity contribution in [3.8, 4) is 11.1 Å². The molecular weight excluding hydrogens is 390 g/mol. The first-order valence-corrected chi connectivity index (χ1v) is 11.5. The van der Waals surface area contributed by atoms with Gasteiger partial charge in [-0.15, -0.1) is 0 Å². The molecule has 1 atom stereocenters. The van der Waals surface area contributed by atoms with E-state index >= 15 is 0 Å². The second kappa shape index (κ2) is 9.22. The molecule has 1 heterocycles. The Balaban J connectivity index is 1.59. The molecule has 1 amide bonds. The summed E-state index contributed by atoms with van der Waals surface area (Å²) < 4.78 is 28.7. The molecule has 154 valence electrons. The van der Waals surface area contributed by atoms with Crippen LogP contribution in [0.4, 0.5) is 0 Å². The van der Waals surface area contributed by atoms with Crippen molar-refractivity contribution in [1.29, 1.82) is 0 Å². The Morgan fingerprint density at radius 2 is 1.69 bits per heavy atom. The van der Waals surface area contributed by atoms with E-state index in [1.54, 1.807) is 12.1 Å². The molecule has 0 spiro atoms. The van der Waals surface area contributed by atoms with Crippen LogP contribution in [0.5, 0.6) is 0 Å². The second-order valence-corrected chi connectivity index (χ2v) is 9.39. The lowest BCUT2D eigenvalue weighted by molar-refractivity contribution is -0.136. The largest absolute Gasteiger partial charge is 0.452 e. The average molecular weight is 416 g/mol. The Hall–Kier alpha value is -2.67. The molecule has 2 aromatic carbocycles. The van der Waals surface area contributed by atoms with Crippen LogP contribution in [0.1, 0.15) is 30.1 Å². The minimum absolute atomic E-state index is 0.0202. The van der Waals surface area contributed by atoms with Gasteiger partial charge in [-0.1, -0.05) is 49.4 Å². The van der Waals surface area contributed by atoms with E-state index in [0.29, 0.717) is 24.9 Å². The molecule has 29 heavy (non-hydrogen) atoms. The maximum Gasteiger partial charge on any atom is 0.338 e. The van der Waals surface area contributed by atoms with Gasteiger partial charge in [0.1, 0.15) is 0 Å². The van der Waals surface area contributed by atoms with Gasteiger partial charge < -0.3 is 9.64 Å². The van der Waals surface area contributed by atoms with Gasteiger partial charge in [-0.3, -0.25) is 4.79 Å². The lowest BCUT2D eigenvalue weighted by atomic mass is 10.0. The summed E-state index contributed by atoms with van der Waals surface area (Å²) in [5.41, 5.74) is 2.39. The number of ether oxygens (including phenoxy) is 1. The normalized spacial score (nSPS) is 17.6. The number of carbonyl (C=O) groups is 2. The molecule has 1 unspecified atom stereocenters. The number of benzene rings is 2. The highest BCUT2D eigenvalue weighted by Gasteiger charge is 2.34.